The van der Waals surface area contributed by atoms with Crippen molar-refractivity contribution in [1.29, 1.82) is 0 Å². The first kappa shape index (κ1) is 25.1. The number of amides is 1. The second kappa shape index (κ2) is 9.99. The zero-order chi connectivity index (χ0) is 24.1. The minimum absolute atomic E-state index is 0.0629. The van der Waals surface area contributed by atoms with Crippen LogP contribution in [0, 0.1) is 10.1 Å². The number of benzene rings is 2. The fourth-order valence-electron chi connectivity index (χ4n) is 3.57. The van der Waals surface area contributed by atoms with Gasteiger partial charge in [0.2, 0.25) is 15.9 Å². The van der Waals surface area contributed by atoms with Crippen LogP contribution in [0.4, 0.5) is 11.4 Å². The maximum atomic E-state index is 13.3. The van der Waals surface area contributed by atoms with Crippen LogP contribution < -0.4 is 14.4 Å². The van der Waals surface area contributed by atoms with Gasteiger partial charge >= 0.3 is 0 Å². The van der Waals surface area contributed by atoms with Crippen LogP contribution in [0.25, 0.3) is 0 Å². The summed E-state index contributed by atoms with van der Waals surface area (Å²) in [7, 11) is -2.67. The molecule has 2 aromatic rings. The molecule has 0 radical (unpaired) electrons. The van der Waals surface area contributed by atoms with Gasteiger partial charge in [0.1, 0.15) is 17.5 Å². The molecule has 32 heavy (non-hydrogen) atoms. The Morgan fingerprint density at radius 1 is 1.22 bits per heavy atom. The van der Waals surface area contributed by atoms with Gasteiger partial charge in [0.05, 0.1) is 18.3 Å². The lowest BCUT2D eigenvalue weighted by Crippen LogP contribution is -2.55. The summed E-state index contributed by atoms with van der Waals surface area (Å²) in [5.74, 6) is -0.400. The molecule has 1 atom stereocenters. The highest BCUT2D eigenvalue weighted by Crippen LogP contribution is 2.35. The van der Waals surface area contributed by atoms with E-state index in [0.29, 0.717) is 6.42 Å². The largest absolute Gasteiger partial charge is 0.495 e. The highest BCUT2D eigenvalue weighted by atomic mass is 32.2. The molecule has 0 heterocycles. The number of nitro groups is 1. The predicted octanol–water partition coefficient (Wildman–Crippen LogP) is 3.29. The molecule has 0 aromatic heterocycles. The fourth-order valence-corrected chi connectivity index (χ4v) is 4.77. The summed E-state index contributed by atoms with van der Waals surface area (Å²) in [6, 6.07) is 12.1. The number of ether oxygens (including phenoxy) is 1. The third kappa shape index (κ3) is 6.19. The molecule has 2 aromatic carbocycles. The first-order chi connectivity index (χ1) is 14.9. The smallest absolute Gasteiger partial charge is 0.271 e. The molecule has 0 spiro atoms. The molecule has 0 aliphatic carbocycles. The number of carbonyl (C=O) groups excluding carboxylic acids is 1. The Labute approximate surface area is 188 Å². The molecule has 0 aliphatic heterocycles. The Balaban J connectivity index is 2.45. The van der Waals surface area contributed by atoms with Crippen molar-refractivity contribution in [3.63, 3.8) is 0 Å². The Morgan fingerprint density at radius 2 is 1.84 bits per heavy atom. The molecule has 10 heteroatoms. The predicted molar refractivity (Wildman–Crippen MR) is 123 cm³/mol. The molecule has 9 nitrogen and oxygen atoms in total. The summed E-state index contributed by atoms with van der Waals surface area (Å²) >= 11 is 0. The van der Waals surface area contributed by atoms with Gasteiger partial charge in [0.25, 0.3) is 5.69 Å². The van der Waals surface area contributed by atoms with Gasteiger partial charge in [-0.05, 0) is 38.3 Å². The van der Waals surface area contributed by atoms with E-state index in [2.05, 4.69) is 5.32 Å². The lowest BCUT2D eigenvalue weighted by atomic mass is 9.94. The number of rotatable bonds is 10. The van der Waals surface area contributed by atoms with Crippen LogP contribution in [-0.2, 0) is 21.2 Å². The number of anilines is 1. The SMILES string of the molecule is CC[C@H](C(=O)NC(C)(C)Cc1ccccc1)N(c1cc([N+](=O)[O-])ccc1OC)S(C)(=O)=O. The Kier molecular flexibility index (Phi) is 7.84. The average Bonchev–Trinajstić information content (AvgIpc) is 2.70. The fraction of sp³-hybridized carbons (Fsp3) is 0.409. The molecule has 0 aliphatic rings. The standard InChI is InChI=1S/C22H29N3O6S/c1-6-18(21(26)23-22(2,3)15-16-10-8-7-9-11-16)24(32(5,29)30)19-14-17(25(27)28)12-13-20(19)31-4/h7-14,18H,6,15H2,1-5H3,(H,23,26)/t18-/m1/s1. The summed E-state index contributed by atoms with van der Waals surface area (Å²) in [5, 5.41) is 14.2. The summed E-state index contributed by atoms with van der Waals surface area (Å²) in [5.41, 5.74) is -0.0192. The quantitative estimate of drug-likeness (QED) is 0.427. The molecule has 1 N–H and O–H groups in total. The molecule has 0 saturated heterocycles. The normalized spacial score (nSPS) is 12.7. The lowest BCUT2D eigenvalue weighted by Gasteiger charge is -2.34. The number of sulfonamides is 1. The van der Waals surface area contributed by atoms with E-state index in [-0.39, 0.29) is 23.5 Å². The van der Waals surface area contributed by atoms with E-state index < -0.39 is 32.4 Å². The molecular formula is C22H29N3O6S. The van der Waals surface area contributed by atoms with Crippen molar-refractivity contribution in [3.8, 4) is 5.75 Å². The molecule has 1 amide bonds. The Morgan fingerprint density at radius 3 is 2.34 bits per heavy atom. The number of hydrogen-bond acceptors (Lipinski definition) is 6. The average molecular weight is 464 g/mol. The van der Waals surface area contributed by atoms with Gasteiger partial charge < -0.3 is 10.1 Å². The number of methoxy groups -OCH3 is 1. The van der Waals surface area contributed by atoms with Gasteiger partial charge in [-0.25, -0.2) is 8.42 Å². The van der Waals surface area contributed by atoms with Crippen molar-refractivity contribution in [2.24, 2.45) is 0 Å². The van der Waals surface area contributed by atoms with E-state index >= 15 is 0 Å². The number of nitrogens with one attached hydrogen (secondary N) is 1. The van der Waals surface area contributed by atoms with E-state index in [1.807, 2.05) is 44.2 Å². The number of hydrogen-bond donors (Lipinski definition) is 1. The second-order valence-corrected chi connectivity index (χ2v) is 9.99. The molecule has 0 saturated carbocycles. The first-order valence-electron chi connectivity index (χ1n) is 10.1. The minimum Gasteiger partial charge on any atom is -0.495 e. The van der Waals surface area contributed by atoms with Gasteiger partial charge in [-0.2, -0.15) is 0 Å². The molecule has 174 valence electrons. The van der Waals surface area contributed by atoms with Gasteiger partial charge in [-0.3, -0.25) is 19.2 Å². The van der Waals surface area contributed by atoms with Crippen LogP contribution in [0.5, 0.6) is 5.75 Å². The number of nitro benzene ring substituents is 1. The number of nitrogens with zero attached hydrogens (tertiary/aromatic N) is 2. The van der Waals surface area contributed by atoms with Crippen LogP contribution >= 0.6 is 0 Å². The molecule has 0 unspecified atom stereocenters. The van der Waals surface area contributed by atoms with E-state index in [1.54, 1.807) is 6.92 Å². The highest BCUT2D eigenvalue weighted by Gasteiger charge is 2.36. The highest BCUT2D eigenvalue weighted by molar-refractivity contribution is 7.92. The molecule has 0 fully saturated rings. The number of carbonyl (C=O) groups is 1. The van der Waals surface area contributed by atoms with Crippen LogP contribution in [0.1, 0.15) is 32.8 Å². The molecular weight excluding hydrogens is 434 g/mol. The van der Waals surface area contributed by atoms with Crippen LogP contribution in [0.15, 0.2) is 48.5 Å². The van der Waals surface area contributed by atoms with Gasteiger partial charge in [0, 0.05) is 17.7 Å². The maximum Gasteiger partial charge on any atom is 0.271 e. The summed E-state index contributed by atoms with van der Waals surface area (Å²) in [4.78, 5) is 23.9. The van der Waals surface area contributed by atoms with Crippen molar-refractivity contribution in [1.82, 2.24) is 5.32 Å². The third-order valence-electron chi connectivity index (χ3n) is 4.89. The zero-order valence-corrected chi connectivity index (χ0v) is 19.7. The van der Waals surface area contributed by atoms with Crippen LogP contribution in [-0.4, -0.2) is 44.2 Å². The van der Waals surface area contributed by atoms with Gasteiger partial charge in [-0.1, -0.05) is 37.3 Å². The Bertz CT molecular complexity index is 1070. The first-order valence-corrected chi connectivity index (χ1v) is 11.9. The zero-order valence-electron chi connectivity index (χ0n) is 18.9. The third-order valence-corrected chi connectivity index (χ3v) is 6.06. The summed E-state index contributed by atoms with van der Waals surface area (Å²) in [6.45, 7) is 5.38. The van der Waals surface area contributed by atoms with Crippen LogP contribution in [0.2, 0.25) is 0 Å². The summed E-state index contributed by atoms with van der Waals surface area (Å²) < 4.78 is 31.7. The maximum absolute atomic E-state index is 13.3. The van der Waals surface area contributed by atoms with E-state index in [0.717, 1.165) is 22.2 Å². The monoisotopic (exact) mass is 463 g/mol. The summed E-state index contributed by atoms with van der Waals surface area (Å²) in [6.07, 6.45) is 1.64. The van der Waals surface area contributed by atoms with Crippen molar-refractivity contribution in [3.05, 3.63) is 64.2 Å². The van der Waals surface area contributed by atoms with Crippen molar-refractivity contribution in [2.75, 3.05) is 17.7 Å². The molecule has 2 rings (SSSR count). The lowest BCUT2D eigenvalue weighted by molar-refractivity contribution is -0.384. The van der Waals surface area contributed by atoms with Crippen molar-refractivity contribution in [2.45, 2.75) is 45.2 Å². The van der Waals surface area contributed by atoms with E-state index in [9.17, 15) is 23.3 Å². The second-order valence-electron chi connectivity index (χ2n) is 8.13. The van der Waals surface area contributed by atoms with E-state index in [1.165, 1.54) is 19.2 Å². The van der Waals surface area contributed by atoms with Gasteiger partial charge in [-0.15, -0.1) is 0 Å². The topological polar surface area (TPSA) is 119 Å². The number of non-ortho nitro benzene ring substituents is 1. The van der Waals surface area contributed by atoms with Crippen molar-refractivity contribution >= 4 is 27.3 Å². The van der Waals surface area contributed by atoms with Crippen LogP contribution in [0.3, 0.4) is 0 Å². The van der Waals surface area contributed by atoms with Gasteiger partial charge in [0.15, 0.2) is 0 Å². The Hall–Kier alpha value is -3.14. The van der Waals surface area contributed by atoms with Crippen molar-refractivity contribution < 1.29 is 22.9 Å². The minimum atomic E-state index is -3.99. The van der Waals surface area contributed by atoms with E-state index in [4.69, 9.17) is 4.74 Å². The molecule has 0 bridgehead atoms.